The average molecular weight is 479 g/mol. The first-order chi connectivity index (χ1) is 16.9. The number of nitrogens with zero attached hydrogens (tertiary/aromatic N) is 4. The number of carbonyl (C=O) groups excluding carboxylic acids is 1. The van der Waals surface area contributed by atoms with Crippen LogP contribution in [0, 0.1) is 11.2 Å². The van der Waals surface area contributed by atoms with Gasteiger partial charge in [0.1, 0.15) is 17.4 Å². The Labute approximate surface area is 204 Å². The van der Waals surface area contributed by atoms with Gasteiger partial charge in [0, 0.05) is 44.2 Å². The van der Waals surface area contributed by atoms with Crippen LogP contribution in [0.25, 0.3) is 11.1 Å². The molecule has 2 saturated heterocycles. The van der Waals surface area contributed by atoms with Gasteiger partial charge in [-0.3, -0.25) is 9.80 Å². The first kappa shape index (κ1) is 22.3. The molecule has 1 amide bonds. The summed E-state index contributed by atoms with van der Waals surface area (Å²) in [4.78, 5) is 23.8. The molecule has 0 bridgehead atoms. The number of likely N-dealkylation sites (tertiary alicyclic amines) is 1. The molecule has 0 unspecified atom stereocenters. The molecule has 184 valence electrons. The van der Waals surface area contributed by atoms with Gasteiger partial charge >= 0.3 is 6.09 Å². The van der Waals surface area contributed by atoms with Gasteiger partial charge in [0.25, 0.3) is 6.01 Å². The molecular weight excluding hydrogens is 447 g/mol. The summed E-state index contributed by atoms with van der Waals surface area (Å²) in [5.74, 6) is -0.338. The minimum absolute atomic E-state index is 0.00532. The van der Waals surface area contributed by atoms with E-state index < -0.39 is 0 Å². The molecule has 2 atom stereocenters. The van der Waals surface area contributed by atoms with Crippen molar-refractivity contribution in [1.29, 1.82) is 0 Å². The summed E-state index contributed by atoms with van der Waals surface area (Å²) in [6.07, 6.45) is 1.67. The van der Waals surface area contributed by atoms with Crippen molar-refractivity contribution in [2.45, 2.75) is 51.4 Å². The summed E-state index contributed by atoms with van der Waals surface area (Å²) in [7, 11) is 0. The third kappa shape index (κ3) is 4.24. The number of fused-ring (bicyclic) bond motifs is 1. The number of rotatable bonds is 4. The van der Waals surface area contributed by atoms with Crippen LogP contribution in [0.2, 0.25) is 0 Å². The molecule has 2 aliphatic heterocycles. The highest BCUT2D eigenvalue weighted by molar-refractivity contribution is 5.74. The monoisotopic (exact) mass is 478 g/mol. The van der Waals surface area contributed by atoms with Crippen molar-refractivity contribution >= 4 is 23.2 Å². The van der Waals surface area contributed by atoms with E-state index in [1.165, 1.54) is 17.7 Å². The van der Waals surface area contributed by atoms with Crippen molar-refractivity contribution in [1.82, 2.24) is 14.8 Å². The number of halogens is 1. The van der Waals surface area contributed by atoms with Crippen molar-refractivity contribution in [3.63, 3.8) is 0 Å². The Morgan fingerprint density at radius 2 is 1.83 bits per heavy atom. The van der Waals surface area contributed by atoms with Crippen LogP contribution < -0.4 is 4.90 Å². The lowest BCUT2D eigenvalue weighted by Gasteiger charge is -2.58. The Kier molecular flexibility index (Phi) is 5.44. The first-order valence-electron chi connectivity index (χ1n) is 12.4. The van der Waals surface area contributed by atoms with E-state index in [0.717, 1.165) is 32.5 Å². The fraction of sp³-hybridized carbons (Fsp3) is 0.481. The van der Waals surface area contributed by atoms with Crippen molar-refractivity contribution in [2.24, 2.45) is 5.41 Å². The van der Waals surface area contributed by atoms with E-state index in [4.69, 9.17) is 9.15 Å². The lowest BCUT2D eigenvalue weighted by atomic mass is 9.61. The third-order valence-corrected chi connectivity index (χ3v) is 7.69. The molecule has 35 heavy (non-hydrogen) atoms. The zero-order chi connectivity index (χ0) is 24.2. The van der Waals surface area contributed by atoms with Gasteiger partial charge in [0.2, 0.25) is 0 Å². The topological polar surface area (TPSA) is 62.1 Å². The van der Waals surface area contributed by atoms with E-state index >= 15 is 0 Å². The lowest BCUT2D eigenvalue weighted by molar-refractivity contribution is -0.137. The van der Waals surface area contributed by atoms with Crippen LogP contribution >= 0.6 is 0 Å². The summed E-state index contributed by atoms with van der Waals surface area (Å²) in [6.45, 7) is 8.34. The Morgan fingerprint density at radius 3 is 2.54 bits per heavy atom. The smallest absolute Gasteiger partial charge is 0.410 e. The van der Waals surface area contributed by atoms with E-state index in [0.29, 0.717) is 35.6 Å². The summed E-state index contributed by atoms with van der Waals surface area (Å²) < 4.78 is 25.3. The molecule has 3 aliphatic rings. The maximum Gasteiger partial charge on any atom is 0.410 e. The van der Waals surface area contributed by atoms with Crippen molar-refractivity contribution < 1.29 is 18.3 Å². The van der Waals surface area contributed by atoms with Crippen LogP contribution in [-0.4, -0.2) is 65.2 Å². The largest absolute Gasteiger partial charge is 0.446 e. The van der Waals surface area contributed by atoms with Gasteiger partial charge in [-0.25, -0.2) is 9.18 Å². The number of carbonyl (C=O) groups is 1. The Balaban J connectivity index is 1.00. The zero-order valence-corrected chi connectivity index (χ0v) is 20.2. The van der Waals surface area contributed by atoms with Crippen LogP contribution in [0.1, 0.15) is 32.3 Å². The van der Waals surface area contributed by atoms with E-state index in [1.807, 2.05) is 29.7 Å². The summed E-state index contributed by atoms with van der Waals surface area (Å²) >= 11 is 0. The number of ether oxygens (including phenoxy) is 1. The molecule has 0 N–H and O–H groups in total. The number of hydrogen-bond donors (Lipinski definition) is 0. The second-order valence-electron chi connectivity index (χ2n) is 10.7. The van der Waals surface area contributed by atoms with Gasteiger partial charge in [-0.05, 0) is 44.4 Å². The minimum atomic E-state index is -0.338. The van der Waals surface area contributed by atoms with Gasteiger partial charge in [-0.1, -0.05) is 30.3 Å². The number of benzene rings is 2. The second kappa shape index (κ2) is 8.52. The van der Waals surface area contributed by atoms with E-state index in [9.17, 15) is 9.18 Å². The molecule has 8 heteroatoms. The number of aromatic nitrogens is 1. The number of oxazole rings is 1. The van der Waals surface area contributed by atoms with Gasteiger partial charge in [-0.2, -0.15) is 4.98 Å². The van der Waals surface area contributed by atoms with Crippen molar-refractivity contribution in [3.05, 3.63) is 59.9 Å². The fourth-order valence-corrected chi connectivity index (χ4v) is 6.17. The number of anilines is 1. The van der Waals surface area contributed by atoms with Crippen LogP contribution in [0.5, 0.6) is 0 Å². The molecule has 0 radical (unpaired) electrons. The predicted octanol–water partition coefficient (Wildman–Crippen LogP) is 4.67. The standard InChI is InChI=1S/C27H31FN4O3/c1-18-13-31(25-29-23-10-21(28)8-9-24(23)35-25)14-19(2)32(18)26(33)34-22-11-27(12-22)16-30(17-27)15-20-6-4-3-5-7-20/h3-10,18-19,22H,11-17H2,1-2H3/t18-,19+. The van der Waals surface area contributed by atoms with E-state index in [1.54, 1.807) is 6.07 Å². The SMILES string of the molecule is C[C@@H]1CN(c2nc3cc(F)ccc3o2)C[C@H](C)N1C(=O)OC1CC2(C1)CN(Cc1ccccc1)C2. The third-order valence-electron chi connectivity index (χ3n) is 7.69. The quantitative estimate of drug-likeness (QED) is 0.543. The predicted molar refractivity (Wildman–Crippen MR) is 131 cm³/mol. The number of piperazine rings is 1. The van der Waals surface area contributed by atoms with Gasteiger partial charge in [-0.15, -0.1) is 0 Å². The minimum Gasteiger partial charge on any atom is -0.446 e. The highest BCUT2D eigenvalue weighted by Gasteiger charge is 2.54. The fourth-order valence-electron chi connectivity index (χ4n) is 6.17. The maximum absolute atomic E-state index is 13.5. The van der Waals surface area contributed by atoms with Crippen LogP contribution in [-0.2, 0) is 11.3 Å². The summed E-state index contributed by atoms with van der Waals surface area (Å²) in [5.41, 5.74) is 2.72. The lowest BCUT2D eigenvalue weighted by Crippen LogP contribution is -2.65. The van der Waals surface area contributed by atoms with Gasteiger partial charge in [0.15, 0.2) is 5.58 Å². The van der Waals surface area contributed by atoms with E-state index in [2.05, 4.69) is 34.1 Å². The second-order valence-corrected chi connectivity index (χ2v) is 10.7. The molecule has 6 rings (SSSR count). The molecular formula is C27H31FN4O3. The first-order valence-corrected chi connectivity index (χ1v) is 12.4. The highest BCUT2D eigenvalue weighted by atomic mass is 19.1. The number of hydrogen-bond acceptors (Lipinski definition) is 6. The maximum atomic E-state index is 13.5. The average Bonchev–Trinajstić information content (AvgIpc) is 3.19. The van der Waals surface area contributed by atoms with Crippen LogP contribution in [0.15, 0.2) is 52.9 Å². The molecule has 3 heterocycles. The molecule has 1 aromatic heterocycles. The highest BCUT2D eigenvalue weighted by Crippen LogP contribution is 2.50. The summed E-state index contributed by atoms with van der Waals surface area (Å²) in [6, 6.07) is 15.2. The number of amides is 1. The Bertz CT molecular complexity index is 1210. The molecule has 1 aliphatic carbocycles. The Hall–Kier alpha value is -3.13. The van der Waals surface area contributed by atoms with Gasteiger partial charge in [0.05, 0.1) is 12.1 Å². The summed E-state index contributed by atoms with van der Waals surface area (Å²) in [5, 5.41) is 0. The molecule has 7 nitrogen and oxygen atoms in total. The molecule has 2 aromatic carbocycles. The normalized spacial score (nSPS) is 24.4. The van der Waals surface area contributed by atoms with Crippen molar-refractivity contribution in [2.75, 3.05) is 31.1 Å². The Morgan fingerprint density at radius 1 is 1.11 bits per heavy atom. The molecule has 1 saturated carbocycles. The van der Waals surface area contributed by atoms with Crippen LogP contribution in [0.3, 0.4) is 0 Å². The zero-order valence-electron chi connectivity index (χ0n) is 20.2. The van der Waals surface area contributed by atoms with Crippen molar-refractivity contribution in [3.8, 4) is 0 Å². The molecule has 3 fully saturated rings. The van der Waals surface area contributed by atoms with Crippen LogP contribution in [0.4, 0.5) is 15.2 Å². The van der Waals surface area contributed by atoms with Gasteiger partial charge < -0.3 is 14.1 Å². The molecule has 3 aromatic rings. The van der Waals surface area contributed by atoms with E-state index in [-0.39, 0.29) is 30.1 Å². The molecule has 1 spiro atoms.